The molecule has 1 aliphatic rings. The van der Waals surface area contributed by atoms with Crippen LogP contribution in [-0.4, -0.2) is 11.5 Å². The standard InChI is InChI=1S/C23H20N2/c1-15-6-8-17(9-7-15)23-20-14-24-13-12-19(20)22-18-5-3-2-4-16(18)10-11-21(22)25-23/h2-11,24H,12-14H2,1H3. The highest BCUT2D eigenvalue weighted by Gasteiger charge is 2.20. The zero-order chi connectivity index (χ0) is 16.8. The Hall–Kier alpha value is -2.71. The van der Waals surface area contributed by atoms with Gasteiger partial charge >= 0.3 is 0 Å². The number of hydrogen-bond acceptors (Lipinski definition) is 2. The summed E-state index contributed by atoms with van der Waals surface area (Å²) in [7, 11) is 0. The van der Waals surface area contributed by atoms with Crippen molar-refractivity contribution in [1.29, 1.82) is 0 Å². The third kappa shape index (κ3) is 2.33. The number of rotatable bonds is 1. The van der Waals surface area contributed by atoms with Crippen molar-refractivity contribution >= 4 is 21.7 Å². The highest BCUT2D eigenvalue weighted by molar-refractivity contribution is 6.09. The zero-order valence-corrected chi connectivity index (χ0v) is 14.3. The van der Waals surface area contributed by atoms with Crippen molar-refractivity contribution in [3.05, 3.63) is 77.4 Å². The second kappa shape index (κ2) is 5.68. The fourth-order valence-corrected chi connectivity index (χ4v) is 4.00. The van der Waals surface area contributed by atoms with Crippen LogP contribution in [0.3, 0.4) is 0 Å². The van der Waals surface area contributed by atoms with E-state index in [0.29, 0.717) is 0 Å². The molecule has 2 nitrogen and oxygen atoms in total. The normalized spacial score (nSPS) is 14.0. The molecule has 122 valence electrons. The number of benzene rings is 3. The van der Waals surface area contributed by atoms with Gasteiger partial charge in [-0.25, -0.2) is 4.98 Å². The first kappa shape index (κ1) is 14.6. The lowest BCUT2D eigenvalue weighted by atomic mass is 9.90. The fourth-order valence-electron chi connectivity index (χ4n) is 4.00. The smallest absolute Gasteiger partial charge is 0.0757 e. The number of nitrogens with zero attached hydrogens (tertiary/aromatic N) is 1. The van der Waals surface area contributed by atoms with Crippen molar-refractivity contribution in [3.63, 3.8) is 0 Å². The molecule has 4 aromatic rings. The van der Waals surface area contributed by atoms with Gasteiger partial charge in [-0.1, -0.05) is 60.2 Å². The van der Waals surface area contributed by atoms with E-state index in [9.17, 15) is 0 Å². The molecule has 25 heavy (non-hydrogen) atoms. The van der Waals surface area contributed by atoms with E-state index in [1.807, 2.05) is 0 Å². The molecule has 2 heteroatoms. The first-order valence-corrected chi connectivity index (χ1v) is 8.92. The number of fused-ring (bicyclic) bond motifs is 5. The summed E-state index contributed by atoms with van der Waals surface area (Å²) in [6, 6.07) is 21.8. The summed E-state index contributed by atoms with van der Waals surface area (Å²) >= 11 is 0. The minimum absolute atomic E-state index is 0.894. The van der Waals surface area contributed by atoms with Crippen molar-refractivity contribution in [2.24, 2.45) is 0 Å². The SMILES string of the molecule is Cc1ccc(-c2nc3ccc4ccccc4c3c3c2CNCC3)cc1. The van der Waals surface area contributed by atoms with Crippen LogP contribution in [0.4, 0.5) is 0 Å². The fraction of sp³-hybridized carbons (Fsp3) is 0.174. The quantitative estimate of drug-likeness (QED) is 0.498. The number of aryl methyl sites for hydroxylation is 1. The first-order valence-electron chi connectivity index (χ1n) is 8.92. The van der Waals surface area contributed by atoms with Crippen LogP contribution in [0.5, 0.6) is 0 Å². The molecule has 1 N–H and O–H groups in total. The van der Waals surface area contributed by atoms with Crippen LogP contribution in [0.1, 0.15) is 16.7 Å². The molecule has 1 aliphatic heterocycles. The van der Waals surface area contributed by atoms with Crippen LogP contribution in [0.2, 0.25) is 0 Å². The van der Waals surface area contributed by atoms with Crippen LogP contribution < -0.4 is 5.32 Å². The summed E-state index contributed by atoms with van der Waals surface area (Å²) in [6.45, 7) is 4.05. The highest BCUT2D eigenvalue weighted by Crippen LogP contribution is 2.35. The topological polar surface area (TPSA) is 24.9 Å². The molecule has 0 spiro atoms. The molecule has 0 radical (unpaired) electrons. The van der Waals surface area contributed by atoms with Gasteiger partial charge in [0.2, 0.25) is 0 Å². The molecule has 0 saturated carbocycles. The largest absolute Gasteiger partial charge is 0.312 e. The molecule has 2 heterocycles. The third-order valence-electron chi connectivity index (χ3n) is 5.27. The number of aromatic nitrogens is 1. The van der Waals surface area contributed by atoms with Crippen molar-refractivity contribution < 1.29 is 0 Å². The molecule has 0 saturated heterocycles. The molecule has 5 rings (SSSR count). The summed E-state index contributed by atoms with van der Waals surface area (Å²) in [6.07, 6.45) is 1.06. The lowest BCUT2D eigenvalue weighted by molar-refractivity contribution is 0.646. The van der Waals surface area contributed by atoms with E-state index in [1.165, 1.54) is 38.4 Å². The number of nitrogens with one attached hydrogen (secondary N) is 1. The molecule has 0 fully saturated rings. The third-order valence-corrected chi connectivity index (χ3v) is 5.27. The van der Waals surface area contributed by atoms with E-state index in [0.717, 1.165) is 30.7 Å². The second-order valence-electron chi connectivity index (χ2n) is 6.89. The maximum absolute atomic E-state index is 5.10. The molecular formula is C23H20N2. The maximum Gasteiger partial charge on any atom is 0.0757 e. The van der Waals surface area contributed by atoms with E-state index in [-0.39, 0.29) is 0 Å². The van der Waals surface area contributed by atoms with Crippen LogP contribution in [0, 0.1) is 6.92 Å². The van der Waals surface area contributed by atoms with Crippen LogP contribution in [0.15, 0.2) is 60.7 Å². The Bertz CT molecular complexity index is 1090. The Morgan fingerprint density at radius 1 is 0.880 bits per heavy atom. The van der Waals surface area contributed by atoms with E-state index >= 15 is 0 Å². The maximum atomic E-state index is 5.10. The molecule has 0 unspecified atom stereocenters. The van der Waals surface area contributed by atoms with Crippen molar-refractivity contribution in [2.75, 3.05) is 6.54 Å². The highest BCUT2D eigenvalue weighted by atomic mass is 14.9. The van der Waals surface area contributed by atoms with E-state index in [1.54, 1.807) is 0 Å². The first-order chi connectivity index (χ1) is 12.3. The zero-order valence-electron chi connectivity index (χ0n) is 14.3. The summed E-state index contributed by atoms with van der Waals surface area (Å²) in [4.78, 5) is 5.10. The average Bonchev–Trinajstić information content (AvgIpc) is 2.67. The van der Waals surface area contributed by atoms with E-state index in [4.69, 9.17) is 4.98 Å². The molecular weight excluding hydrogens is 304 g/mol. The minimum Gasteiger partial charge on any atom is -0.312 e. The monoisotopic (exact) mass is 324 g/mol. The van der Waals surface area contributed by atoms with Crippen LogP contribution >= 0.6 is 0 Å². The van der Waals surface area contributed by atoms with E-state index < -0.39 is 0 Å². The Labute approximate surface area is 147 Å². The predicted octanol–water partition coefficient (Wildman–Crippen LogP) is 5.01. The number of hydrogen-bond donors (Lipinski definition) is 1. The van der Waals surface area contributed by atoms with Crippen molar-refractivity contribution in [1.82, 2.24) is 10.3 Å². The Balaban J connectivity index is 1.89. The predicted molar refractivity (Wildman–Crippen MR) is 105 cm³/mol. The summed E-state index contributed by atoms with van der Waals surface area (Å²) in [5.41, 5.74) is 7.55. The van der Waals surface area contributed by atoms with Gasteiger partial charge in [-0.2, -0.15) is 0 Å². The van der Waals surface area contributed by atoms with Gasteiger partial charge in [-0.15, -0.1) is 0 Å². The Kier molecular flexibility index (Phi) is 3.32. The second-order valence-corrected chi connectivity index (χ2v) is 6.89. The molecule has 0 amide bonds. The molecule has 0 bridgehead atoms. The Morgan fingerprint density at radius 2 is 1.72 bits per heavy atom. The van der Waals surface area contributed by atoms with Crippen molar-refractivity contribution in [3.8, 4) is 11.3 Å². The lowest BCUT2D eigenvalue weighted by Crippen LogP contribution is -2.25. The van der Waals surface area contributed by atoms with Gasteiger partial charge in [-0.3, -0.25) is 0 Å². The van der Waals surface area contributed by atoms with Crippen LogP contribution in [0.25, 0.3) is 32.9 Å². The van der Waals surface area contributed by atoms with Gasteiger partial charge in [0.25, 0.3) is 0 Å². The summed E-state index contributed by atoms with van der Waals surface area (Å²) in [5, 5.41) is 7.49. The van der Waals surface area contributed by atoms with Gasteiger partial charge in [-0.05, 0) is 47.9 Å². The lowest BCUT2D eigenvalue weighted by Gasteiger charge is -2.23. The van der Waals surface area contributed by atoms with Crippen molar-refractivity contribution in [2.45, 2.75) is 19.9 Å². The van der Waals surface area contributed by atoms with Gasteiger partial charge in [0, 0.05) is 17.5 Å². The van der Waals surface area contributed by atoms with Crippen LogP contribution in [-0.2, 0) is 13.0 Å². The minimum atomic E-state index is 0.894. The average molecular weight is 324 g/mol. The summed E-state index contributed by atoms with van der Waals surface area (Å²) < 4.78 is 0. The van der Waals surface area contributed by atoms with Gasteiger partial charge in [0.1, 0.15) is 0 Å². The molecule has 0 aliphatic carbocycles. The van der Waals surface area contributed by atoms with E-state index in [2.05, 4.69) is 72.9 Å². The van der Waals surface area contributed by atoms with Gasteiger partial charge in [0.15, 0.2) is 0 Å². The molecule has 3 aromatic carbocycles. The summed E-state index contributed by atoms with van der Waals surface area (Å²) in [5.74, 6) is 0. The molecule has 1 aromatic heterocycles. The van der Waals surface area contributed by atoms with Gasteiger partial charge in [0.05, 0.1) is 11.2 Å². The Morgan fingerprint density at radius 3 is 2.60 bits per heavy atom. The van der Waals surface area contributed by atoms with Gasteiger partial charge < -0.3 is 5.32 Å². The molecule has 0 atom stereocenters. The number of pyridine rings is 1.